The zero-order valence-corrected chi connectivity index (χ0v) is 27.7. The number of hydrogen-bond acceptors (Lipinski definition) is 6. The number of aliphatic carboxylic acids is 3. The first-order valence-electron chi connectivity index (χ1n) is 14.3. The second-order valence-corrected chi connectivity index (χ2v) is 11.1. The topological polar surface area (TPSA) is 120 Å². The quantitative estimate of drug-likeness (QED) is 0.185. The molecule has 0 aliphatic carbocycles. The molecule has 0 aromatic heterocycles. The van der Waals surface area contributed by atoms with Crippen molar-refractivity contribution in [2.45, 2.75) is 159 Å². The third-order valence-corrected chi connectivity index (χ3v) is 7.36. The fourth-order valence-corrected chi connectivity index (χ4v) is 4.08. The molecule has 0 aromatic carbocycles. The monoisotopic (exact) mass is 671 g/mol. The van der Waals surface area contributed by atoms with Crippen LogP contribution in [0.5, 0.6) is 0 Å². The van der Waals surface area contributed by atoms with Gasteiger partial charge in [-0.1, -0.05) is 120 Å². The molecule has 1 radical (unpaired) electrons. The van der Waals surface area contributed by atoms with Crippen molar-refractivity contribution < 1.29 is 69.6 Å². The summed E-state index contributed by atoms with van der Waals surface area (Å²) in [5, 5.41) is 32.3. The van der Waals surface area contributed by atoms with Gasteiger partial charge in [-0.2, -0.15) is 0 Å². The van der Waals surface area contributed by atoms with Crippen LogP contribution in [0.2, 0.25) is 0 Å². The van der Waals surface area contributed by atoms with Crippen molar-refractivity contribution in [3.05, 3.63) is 0 Å². The molecule has 0 N–H and O–H groups in total. The second kappa shape index (κ2) is 24.8. The van der Waals surface area contributed by atoms with Gasteiger partial charge >= 0.3 is 39.9 Å². The Balaban J connectivity index is -0.000000218. The average molecular weight is 671 g/mol. The van der Waals surface area contributed by atoms with Crippen molar-refractivity contribution >= 4 is 17.9 Å². The summed E-state index contributed by atoms with van der Waals surface area (Å²) >= 11 is 0. The van der Waals surface area contributed by atoms with E-state index in [4.69, 9.17) is 0 Å². The SMILES string of the molecule is CCCCC(C)(CCC)C(=O)[O-].CCCCC(C)(CCC)C(=O)[O-].CCCCCC(C)(CC)C(=O)[O-].[Gd+3]. The van der Waals surface area contributed by atoms with Gasteiger partial charge in [0.05, 0.1) is 0 Å². The van der Waals surface area contributed by atoms with Crippen LogP contribution < -0.4 is 15.3 Å². The molecule has 0 amide bonds. The summed E-state index contributed by atoms with van der Waals surface area (Å²) in [6, 6.07) is 0. The van der Waals surface area contributed by atoms with Crippen LogP contribution in [0.1, 0.15) is 159 Å². The zero-order chi connectivity index (χ0) is 28.8. The maximum Gasteiger partial charge on any atom is 3.00 e. The summed E-state index contributed by atoms with van der Waals surface area (Å²) in [4.78, 5) is 32.3. The molecule has 0 fully saturated rings. The normalized spacial score (nSPS) is 15.2. The van der Waals surface area contributed by atoms with Gasteiger partial charge in [0.2, 0.25) is 0 Å². The van der Waals surface area contributed by atoms with Gasteiger partial charge in [-0.25, -0.2) is 0 Å². The van der Waals surface area contributed by atoms with Crippen molar-refractivity contribution in [2.24, 2.45) is 16.2 Å². The largest absolute Gasteiger partial charge is 3.00 e. The van der Waals surface area contributed by atoms with E-state index in [0.29, 0.717) is 6.42 Å². The van der Waals surface area contributed by atoms with E-state index >= 15 is 0 Å². The van der Waals surface area contributed by atoms with Gasteiger partial charge in [-0.15, -0.1) is 0 Å². The smallest absolute Gasteiger partial charge is 0.550 e. The molecule has 3 unspecified atom stereocenters. The number of rotatable bonds is 18. The van der Waals surface area contributed by atoms with E-state index in [2.05, 4.69) is 20.8 Å². The molecular formula is C30H57GdO6. The van der Waals surface area contributed by atoms with Gasteiger partial charge in [-0.3, -0.25) is 0 Å². The molecule has 6 nitrogen and oxygen atoms in total. The summed E-state index contributed by atoms with van der Waals surface area (Å²) < 4.78 is 0. The Labute approximate surface area is 260 Å². The molecule has 37 heavy (non-hydrogen) atoms. The zero-order valence-electron chi connectivity index (χ0n) is 25.4. The first-order valence-corrected chi connectivity index (χ1v) is 14.3. The summed E-state index contributed by atoms with van der Waals surface area (Å²) in [6.45, 7) is 17.5. The van der Waals surface area contributed by atoms with Crippen molar-refractivity contribution in [3.8, 4) is 0 Å². The van der Waals surface area contributed by atoms with Crippen LogP contribution in [0, 0.1) is 56.2 Å². The van der Waals surface area contributed by atoms with Gasteiger partial charge < -0.3 is 29.7 Å². The van der Waals surface area contributed by atoms with Gasteiger partial charge in [0, 0.05) is 34.2 Å². The molecule has 221 valence electrons. The number of carboxylic acids is 3. The molecule has 0 aliphatic heterocycles. The summed E-state index contributed by atoms with van der Waals surface area (Å²) in [7, 11) is 0. The first kappa shape index (κ1) is 43.8. The van der Waals surface area contributed by atoms with Gasteiger partial charge in [0.1, 0.15) is 0 Å². The van der Waals surface area contributed by atoms with Crippen molar-refractivity contribution in [1.29, 1.82) is 0 Å². The van der Waals surface area contributed by atoms with Gasteiger partial charge in [0.25, 0.3) is 0 Å². The van der Waals surface area contributed by atoms with E-state index < -0.39 is 34.2 Å². The molecule has 0 spiro atoms. The Morgan fingerprint density at radius 1 is 0.459 bits per heavy atom. The number of unbranched alkanes of at least 4 members (excludes halogenated alkanes) is 4. The fourth-order valence-electron chi connectivity index (χ4n) is 4.08. The molecule has 0 saturated heterocycles. The van der Waals surface area contributed by atoms with Crippen molar-refractivity contribution in [2.75, 3.05) is 0 Å². The third kappa shape index (κ3) is 20.3. The molecule has 0 rings (SSSR count). The van der Waals surface area contributed by atoms with Crippen LogP contribution in [0.15, 0.2) is 0 Å². The molecule has 0 aromatic rings. The Bertz CT molecular complexity index is 563. The Kier molecular flexibility index (Phi) is 29.3. The first-order chi connectivity index (χ1) is 16.7. The predicted octanol–water partition coefficient (Wildman–Crippen LogP) is 5.20. The van der Waals surface area contributed by atoms with E-state index in [1.54, 1.807) is 20.8 Å². The molecule has 0 aliphatic rings. The molecular weight excluding hydrogens is 614 g/mol. The number of hydrogen-bond donors (Lipinski definition) is 0. The van der Waals surface area contributed by atoms with Gasteiger partial charge in [0.15, 0.2) is 0 Å². The summed E-state index contributed by atoms with van der Waals surface area (Å²) in [6.07, 6.45) is 13.5. The van der Waals surface area contributed by atoms with Crippen LogP contribution in [0.25, 0.3) is 0 Å². The molecule has 0 saturated carbocycles. The van der Waals surface area contributed by atoms with Crippen LogP contribution >= 0.6 is 0 Å². The molecule has 7 heteroatoms. The minimum absolute atomic E-state index is 0. The van der Waals surface area contributed by atoms with E-state index in [1.165, 1.54) is 0 Å². The predicted molar refractivity (Wildman–Crippen MR) is 143 cm³/mol. The average Bonchev–Trinajstić information content (AvgIpc) is 2.82. The Hall–Kier alpha value is -0.265. The van der Waals surface area contributed by atoms with E-state index in [0.717, 1.165) is 89.9 Å². The minimum Gasteiger partial charge on any atom is -0.550 e. The van der Waals surface area contributed by atoms with Crippen molar-refractivity contribution in [1.82, 2.24) is 0 Å². The van der Waals surface area contributed by atoms with Crippen LogP contribution in [-0.2, 0) is 14.4 Å². The van der Waals surface area contributed by atoms with Crippen LogP contribution in [0.3, 0.4) is 0 Å². The van der Waals surface area contributed by atoms with E-state index in [1.807, 2.05) is 20.8 Å². The number of carbonyl (C=O) groups excluding carboxylic acids is 3. The van der Waals surface area contributed by atoms with Crippen LogP contribution in [-0.4, -0.2) is 17.9 Å². The van der Waals surface area contributed by atoms with Crippen molar-refractivity contribution in [3.63, 3.8) is 0 Å². The fraction of sp³-hybridized carbons (Fsp3) is 0.900. The maximum atomic E-state index is 10.8. The summed E-state index contributed by atoms with van der Waals surface area (Å²) in [5.41, 5.74) is -1.79. The third-order valence-electron chi connectivity index (χ3n) is 7.36. The number of carboxylic acid groups (broad SMARTS) is 3. The molecule has 0 heterocycles. The Morgan fingerprint density at radius 3 is 0.973 bits per heavy atom. The van der Waals surface area contributed by atoms with Gasteiger partial charge in [-0.05, 0) is 38.5 Å². The molecule has 3 atom stereocenters. The van der Waals surface area contributed by atoms with E-state index in [9.17, 15) is 29.7 Å². The van der Waals surface area contributed by atoms with Crippen LogP contribution in [0.4, 0.5) is 0 Å². The van der Waals surface area contributed by atoms with E-state index in [-0.39, 0.29) is 39.9 Å². The minimum atomic E-state index is -0.902. The standard InChI is InChI=1S/3C10H20O2.Gd/c1-4-6-7-8-10(3,5-2)9(11)12;2*1-4-6-8-10(3,7-5-2)9(11)12;/h3*4-8H2,1-3H3,(H,11,12);/q;;;+3/p-3. The Morgan fingerprint density at radius 2 is 0.757 bits per heavy atom. The number of carbonyl (C=O) groups is 3. The summed E-state index contributed by atoms with van der Waals surface area (Å²) in [5.74, 6) is -2.68. The maximum absolute atomic E-state index is 10.8. The second-order valence-electron chi connectivity index (χ2n) is 11.1. The molecule has 0 bridgehead atoms.